The van der Waals surface area contributed by atoms with Gasteiger partial charge in [0, 0.05) is 17.0 Å². The number of rotatable bonds is 6. The van der Waals surface area contributed by atoms with Crippen LogP contribution < -0.4 is 10.1 Å². The van der Waals surface area contributed by atoms with Crippen LogP contribution in [0.25, 0.3) is 17.5 Å². The molecule has 10 heteroatoms. The SMILES string of the molecule is COc1ccccc1-c1nnc(NC(=O)C=Cc2ccc([N+](=O)[O-])s2)o1. The smallest absolute Gasteiger partial charge is 0.324 e. The Morgan fingerprint density at radius 1 is 1.31 bits per heavy atom. The van der Waals surface area contributed by atoms with Crippen LogP contribution in [0.3, 0.4) is 0 Å². The van der Waals surface area contributed by atoms with Crippen LogP contribution >= 0.6 is 11.3 Å². The molecule has 132 valence electrons. The van der Waals surface area contributed by atoms with Crippen LogP contribution in [0, 0.1) is 10.1 Å². The van der Waals surface area contributed by atoms with Gasteiger partial charge in [0.1, 0.15) is 5.75 Å². The van der Waals surface area contributed by atoms with E-state index in [1.165, 1.54) is 25.3 Å². The number of benzene rings is 1. The number of nitrogens with one attached hydrogen (secondary N) is 1. The standard InChI is InChI=1S/C16H12N4O5S/c1-24-12-5-3-2-4-11(12)15-18-19-16(25-15)17-13(21)8-6-10-7-9-14(26-10)20(22)23/h2-9H,1H3,(H,17,19,21). The summed E-state index contributed by atoms with van der Waals surface area (Å²) in [5, 5.41) is 20.7. The van der Waals surface area contributed by atoms with Gasteiger partial charge in [0.2, 0.25) is 0 Å². The Morgan fingerprint density at radius 2 is 2.12 bits per heavy atom. The normalized spacial score (nSPS) is 10.8. The van der Waals surface area contributed by atoms with Crippen molar-refractivity contribution in [2.45, 2.75) is 0 Å². The van der Waals surface area contributed by atoms with Gasteiger partial charge in [-0.3, -0.25) is 20.2 Å². The van der Waals surface area contributed by atoms with E-state index in [4.69, 9.17) is 9.15 Å². The summed E-state index contributed by atoms with van der Waals surface area (Å²) in [4.78, 5) is 22.6. The maximum atomic E-state index is 11.9. The molecule has 1 N–H and O–H groups in total. The second-order valence-corrected chi connectivity index (χ2v) is 5.96. The molecule has 1 amide bonds. The molecule has 3 rings (SSSR count). The summed E-state index contributed by atoms with van der Waals surface area (Å²) in [5.41, 5.74) is 0.601. The van der Waals surface area contributed by atoms with E-state index in [9.17, 15) is 14.9 Å². The van der Waals surface area contributed by atoms with Gasteiger partial charge in [0.15, 0.2) is 0 Å². The number of thiophene rings is 1. The van der Waals surface area contributed by atoms with Crippen molar-refractivity contribution in [3.05, 3.63) is 57.5 Å². The van der Waals surface area contributed by atoms with Gasteiger partial charge in [-0.05, 0) is 24.3 Å². The maximum absolute atomic E-state index is 11.9. The number of amides is 1. The molecule has 9 nitrogen and oxygen atoms in total. The molecule has 1 aromatic carbocycles. The predicted molar refractivity (Wildman–Crippen MR) is 94.9 cm³/mol. The highest BCUT2D eigenvalue weighted by Gasteiger charge is 2.14. The maximum Gasteiger partial charge on any atom is 0.324 e. The first-order valence-electron chi connectivity index (χ1n) is 7.27. The van der Waals surface area contributed by atoms with Crippen molar-refractivity contribution in [3.8, 4) is 17.2 Å². The van der Waals surface area contributed by atoms with Crippen molar-refractivity contribution < 1.29 is 18.9 Å². The third-order valence-corrected chi connectivity index (χ3v) is 4.19. The first-order chi connectivity index (χ1) is 12.6. The largest absolute Gasteiger partial charge is 0.496 e. The van der Waals surface area contributed by atoms with Gasteiger partial charge in [-0.1, -0.05) is 28.6 Å². The number of carbonyl (C=O) groups is 1. The summed E-state index contributed by atoms with van der Waals surface area (Å²) in [6, 6.07) is 9.96. The minimum Gasteiger partial charge on any atom is -0.496 e. The van der Waals surface area contributed by atoms with Crippen LogP contribution in [0.5, 0.6) is 5.75 Å². The summed E-state index contributed by atoms with van der Waals surface area (Å²) >= 11 is 0.964. The van der Waals surface area contributed by atoms with Crippen LogP contribution in [0.4, 0.5) is 11.0 Å². The number of hydrogen-bond donors (Lipinski definition) is 1. The summed E-state index contributed by atoms with van der Waals surface area (Å²) in [6.07, 6.45) is 2.69. The fourth-order valence-electron chi connectivity index (χ4n) is 2.04. The van der Waals surface area contributed by atoms with Gasteiger partial charge in [0.25, 0.3) is 11.8 Å². The molecule has 26 heavy (non-hydrogen) atoms. The zero-order chi connectivity index (χ0) is 18.5. The second kappa shape index (κ2) is 7.57. The fourth-order valence-corrected chi connectivity index (χ4v) is 2.76. The average molecular weight is 372 g/mol. The topological polar surface area (TPSA) is 120 Å². The first kappa shape index (κ1) is 17.3. The van der Waals surface area contributed by atoms with E-state index in [2.05, 4.69) is 15.5 Å². The third-order valence-electron chi connectivity index (χ3n) is 3.18. The van der Waals surface area contributed by atoms with Crippen LogP contribution in [0.1, 0.15) is 4.88 Å². The van der Waals surface area contributed by atoms with E-state index >= 15 is 0 Å². The number of hydrogen-bond acceptors (Lipinski definition) is 8. The highest BCUT2D eigenvalue weighted by molar-refractivity contribution is 7.16. The minimum atomic E-state index is -0.503. The molecule has 0 fully saturated rings. The third kappa shape index (κ3) is 3.92. The van der Waals surface area contributed by atoms with Crippen LogP contribution in [0.15, 0.2) is 46.9 Å². The second-order valence-electron chi connectivity index (χ2n) is 4.87. The molecule has 0 bridgehead atoms. The van der Waals surface area contributed by atoms with Crippen LogP contribution in [-0.2, 0) is 4.79 Å². The van der Waals surface area contributed by atoms with Gasteiger partial charge in [-0.15, -0.1) is 5.10 Å². The zero-order valence-corrected chi connectivity index (χ0v) is 14.2. The lowest BCUT2D eigenvalue weighted by molar-refractivity contribution is -0.380. The number of aromatic nitrogens is 2. The molecule has 0 saturated heterocycles. The van der Waals surface area contributed by atoms with Crippen molar-refractivity contribution in [2.24, 2.45) is 0 Å². The van der Waals surface area contributed by atoms with Crippen molar-refractivity contribution in [1.29, 1.82) is 0 Å². The Morgan fingerprint density at radius 3 is 2.85 bits per heavy atom. The summed E-state index contributed by atoms with van der Waals surface area (Å²) in [5.74, 6) is 0.264. The number of nitrogens with zero attached hydrogens (tertiary/aromatic N) is 3. The van der Waals surface area contributed by atoms with Crippen molar-refractivity contribution in [3.63, 3.8) is 0 Å². The number of para-hydroxylation sites is 1. The Kier molecular flexibility index (Phi) is 5.04. The monoisotopic (exact) mass is 372 g/mol. The number of anilines is 1. The van der Waals surface area contributed by atoms with Crippen molar-refractivity contribution in [2.75, 3.05) is 12.4 Å². The van der Waals surface area contributed by atoms with Gasteiger partial charge in [-0.2, -0.15) is 0 Å². The molecule has 3 aromatic rings. The van der Waals surface area contributed by atoms with E-state index in [1.54, 1.807) is 30.3 Å². The van der Waals surface area contributed by atoms with E-state index in [-0.39, 0.29) is 16.9 Å². The fraction of sp³-hybridized carbons (Fsp3) is 0.0625. The van der Waals surface area contributed by atoms with Gasteiger partial charge >= 0.3 is 11.0 Å². The van der Waals surface area contributed by atoms with Gasteiger partial charge < -0.3 is 9.15 Å². The van der Waals surface area contributed by atoms with Crippen molar-refractivity contribution >= 4 is 34.3 Å². The molecular weight excluding hydrogens is 360 g/mol. The van der Waals surface area contributed by atoms with Gasteiger partial charge in [0.05, 0.1) is 17.6 Å². The number of carbonyl (C=O) groups excluding carboxylic acids is 1. The molecule has 0 unspecified atom stereocenters. The van der Waals surface area contributed by atoms with E-state index < -0.39 is 10.8 Å². The molecule has 0 atom stereocenters. The Bertz CT molecular complexity index is 978. The minimum absolute atomic E-state index is 0.00316. The highest BCUT2D eigenvalue weighted by atomic mass is 32.1. The lowest BCUT2D eigenvalue weighted by atomic mass is 10.2. The number of nitro groups is 1. The molecule has 0 radical (unpaired) electrons. The zero-order valence-electron chi connectivity index (χ0n) is 13.4. The molecule has 2 heterocycles. The van der Waals surface area contributed by atoms with E-state index in [0.29, 0.717) is 16.2 Å². The molecule has 0 aliphatic heterocycles. The number of methoxy groups -OCH3 is 1. The highest BCUT2D eigenvalue weighted by Crippen LogP contribution is 2.29. The Hall–Kier alpha value is -3.53. The lowest BCUT2D eigenvalue weighted by Crippen LogP contribution is -2.07. The molecule has 2 aromatic heterocycles. The molecule has 0 aliphatic rings. The Labute approximate surface area is 151 Å². The van der Waals surface area contributed by atoms with E-state index in [0.717, 1.165) is 11.3 Å². The summed E-state index contributed by atoms with van der Waals surface area (Å²) in [7, 11) is 1.53. The summed E-state index contributed by atoms with van der Waals surface area (Å²) in [6.45, 7) is 0. The van der Waals surface area contributed by atoms with Gasteiger partial charge in [-0.25, -0.2) is 0 Å². The Balaban J connectivity index is 1.67. The van der Waals surface area contributed by atoms with Crippen LogP contribution in [0.2, 0.25) is 0 Å². The molecule has 0 aliphatic carbocycles. The summed E-state index contributed by atoms with van der Waals surface area (Å²) < 4.78 is 10.6. The molecule has 0 saturated carbocycles. The number of ether oxygens (including phenoxy) is 1. The molecule has 0 spiro atoms. The first-order valence-corrected chi connectivity index (χ1v) is 8.08. The molecular formula is C16H12N4O5S. The van der Waals surface area contributed by atoms with Crippen molar-refractivity contribution in [1.82, 2.24) is 10.2 Å². The van der Waals surface area contributed by atoms with Crippen LogP contribution in [-0.4, -0.2) is 28.1 Å². The predicted octanol–water partition coefficient (Wildman–Crippen LogP) is 3.37. The van der Waals surface area contributed by atoms with E-state index in [1.807, 2.05) is 0 Å². The quantitative estimate of drug-likeness (QED) is 0.400. The lowest BCUT2D eigenvalue weighted by Gasteiger charge is -2.03. The average Bonchev–Trinajstić information content (AvgIpc) is 3.29.